The van der Waals surface area contributed by atoms with E-state index >= 15 is 0 Å². The van der Waals surface area contributed by atoms with Crippen LogP contribution in [0.2, 0.25) is 0 Å². The smallest absolute Gasteiger partial charge is 0.275 e. The summed E-state index contributed by atoms with van der Waals surface area (Å²) >= 11 is 0. The highest BCUT2D eigenvalue weighted by atomic mass is 16.6. The molecule has 0 radical (unpaired) electrons. The van der Waals surface area contributed by atoms with E-state index < -0.39 is 4.92 Å². The van der Waals surface area contributed by atoms with Crippen molar-refractivity contribution in [3.05, 3.63) is 69.8 Å². The fourth-order valence-corrected chi connectivity index (χ4v) is 2.15. The summed E-state index contributed by atoms with van der Waals surface area (Å²) in [6.45, 7) is 1.72. The van der Waals surface area contributed by atoms with Crippen molar-refractivity contribution in [2.45, 2.75) is 13.2 Å². The number of nitro groups is 1. The van der Waals surface area contributed by atoms with Crippen LogP contribution in [0.15, 0.2) is 48.5 Å². The molecule has 0 aromatic heterocycles. The number of rotatable bonds is 8. The van der Waals surface area contributed by atoms with E-state index in [0.29, 0.717) is 31.0 Å². The molecule has 22 heavy (non-hydrogen) atoms. The van der Waals surface area contributed by atoms with Crippen molar-refractivity contribution in [2.75, 3.05) is 18.5 Å². The molecule has 0 atom stereocenters. The molecule has 3 N–H and O–H groups in total. The zero-order valence-electron chi connectivity index (χ0n) is 12.2. The van der Waals surface area contributed by atoms with Crippen molar-refractivity contribution in [1.82, 2.24) is 0 Å². The molecule has 116 valence electrons. The maximum Gasteiger partial charge on any atom is 0.275 e. The minimum atomic E-state index is -0.417. The zero-order valence-corrected chi connectivity index (χ0v) is 12.2. The number of nitrogens with zero attached hydrogens (tertiary/aromatic N) is 1. The van der Waals surface area contributed by atoms with Crippen molar-refractivity contribution in [3.8, 4) is 0 Å². The fraction of sp³-hybridized carbons (Fsp3) is 0.250. The van der Waals surface area contributed by atoms with Gasteiger partial charge in [0, 0.05) is 24.8 Å². The van der Waals surface area contributed by atoms with Crippen LogP contribution in [0.25, 0.3) is 0 Å². The van der Waals surface area contributed by atoms with Gasteiger partial charge in [-0.2, -0.15) is 0 Å². The van der Waals surface area contributed by atoms with Crippen molar-refractivity contribution < 1.29 is 9.66 Å². The summed E-state index contributed by atoms with van der Waals surface area (Å²) in [6.07, 6.45) is 0. The highest BCUT2D eigenvalue weighted by Gasteiger charge is 2.15. The lowest BCUT2D eigenvalue weighted by Gasteiger charge is -2.11. The Labute approximate surface area is 129 Å². The van der Waals surface area contributed by atoms with Gasteiger partial charge in [0.15, 0.2) is 0 Å². The van der Waals surface area contributed by atoms with Crippen molar-refractivity contribution in [3.63, 3.8) is 0 Å². The van der Waals surface area contributed by atoms with Gasteiger partial charge in [0.25, 0.3) is 5.69 Å². The van der Waals surface area contributed by atoms with Gasteiger partial charge in [0.1, 0.15) is 0 Å². The maximum atomic E-state index is 11.0. The van der Waals surface area contributed by atoms with E-state index in [1.807, 2.05) is 30.3 Å². The molecule has 0 heterocycles. The molecule has 0 aliphatic carbocycles. The lowest BCUT2D eigenvalue weighted by Crippen LogP contribution is -2.13. The summed E-state index contributed by atoms with van der Waals surface area (Å²) in [5, 5.41) is 14.1. The van der Waals surface area contributed by atoms with E-state index in [4.69, 9.17) is 10.5 Å². The van der Waals surface area contributed by atoms with E-state index in [0.717, 1.165) is 5.56 Å². The van der Waals surface area contributed by atoms with E-state index in [1.54, 1.807) is 12.1 Å². The summed E-state index contributed by atoms with van der Waals surface area (Å²) in [4.78, 5) is 10.5. The highest BCUT2D eigenvalue weighted by Crippen LogP contribution is 2.25. The van der Waals surface area contributed by atoms with Crippen LogP contribution in [0.3, 0.4) is 0 Å². The number of hydrogen-bond donors (Lipinski definition) is 2. The Morgan fingerprint density at radius 2 is 1.91 bits per heavy atom. The Morgan fingerprint density at radius 3 is 2.59 bits per heavy atom. The van der Waals surface area contributed by atoms with Crippen LogP contribution in [0, 0.1) is 10.1 Å². The Morgan fingerprint density at radius 1 is 1.14 bits per heavy atom. The third-order valence-corrected chi connectivity index (χ3v) is 3.23. The number of hydrogen-bond acceptors (Lipinski definition) is 5. The molecule has 6 nitrogen and oxygen atoms in total. The average Bonchev–Trinajstić information content (AvgIpc) is 2.55. The first-order chi connectivity index (χ1) is 10.7. The van der Waals surface area contributed by atoms with E-state index in [1.165, 1.54) is 6.07 Å². The predicted octanol–water partition coefficient (Wildman–Crippen LogP) is 2.68. The normalized spacial score (nSPS) is 10.4. The fourth-order valence-electron chi connectivity index (χ4n) is 2.15. The molecule has 0 saturated carbocycles. The Bertz CT molecular complexity index is 617. The van der Waals surface area contributed by atoms with Crippen LogP contribution in [0.5, 0.6) is 0 Å². The molecular formula is C16H19N3O3. The van der Waals surface area contributed by atoms with Gasteiger partial charge in [0.2, 0.25) is 0 Å². The monoisotopic (exact) mass is 301 g/mol. The molecule has 6 heteroatoms. The molecule has 0 bridgehead atoms. The number of nitrogens with one attached hydrogen (secondary N) is 1. The second kappa shape index (κ2) is 8.11. The van der Waals surface area contributed by atoms with E-state index in [2.05, 4.69) is 5.32 Å². The van der Waals surface area contributed by atoms with Crippen LogP contribution in [-0.4, -0.2) is 18.1 Å². The molecule has 0 unspecified atom stereocenters. The number of anilines is 1. The molecule has 0 aliphatic heterocycles. The molecule has 0 spiro atoms. The Kier molecular flexibility index (Phi) is 5.88. The van der Waals surface area contributed by atoms with Crippen LogP contribution < -0.4 is 11.1 Å². The topological polar surface area (TPSA) is 90.4 Å². The third-order valence-electron chi connectivity index (χ3n) is 3.23. The van der Waals surface area contributed by atoms with Crippen molar-refractivity contribution in [1.29, 1.82) is 0 Å². The van der Waals surface area contributed by atoms with Gasteiger partial charge < -0.3 is 15.8 Å². The van der Waals surface area contributed by atoms with Crippen molar-refractivity contribution >= 4 is 11.4 Å². The van der Waals surface area contributed by atoms with Gasteiger partial charge in [-0.15, -0.1) is 0 Å². The van der Waals surface area contributed by atoms with Crippen LogP contribution in [0.4, 0.5) is 11.4 Å². The molecule has 2 aromatic rings. The third kappa shape index (κ3) is 4.28. The molecule has 2 aromatic carbocycles. The summed E-state index contributed by atoms with van der Waals surface area (Å²) in [7, 11) is 0. The first-order valence-electron chi connectivity index (χ1n) is 7.04. The summed E-state index contributed by atoms with van der Waals surface area (Å²) in [5.41, 5.74) is 7.96. The summed E-state index contributed by atoms with van der Waals surface area (Å²) < 4.78 is 5.57. The molecular weight excluding hydrogens is 282 g/mol. The second-order valence-electron chi connectivity index (χ2n) is 4.73. The molecule has 0 aliphatic rings. The Hall–Kier alpha value is -2.44. The minimum Gasteiger partial charge on any atom is -0.382 e. The standard InChI is InChI=1S/C16H19N3O3/c17-11-14-15(7-4-8-16(14)19(20)21)18-9-10-22-12-13-5-2-1-3-6-13/h1-8,18H,9-12,17H2. The molecule has 2 rings (SSSR count). The van der Waals surface area contributed by atoms with Gasteiger partial charge in [-0.25, -0.2) is 0 Å². The number of benzene rings is 2. The van der Waals surface area contributed by atoms with E-state index in [9.17, 15) is 10.1 Å². The quantitative estimate of drug-likeness (QED) is 0.444. The van der Waals surface area contributed by atoms with Crippen LogP contribution in [0.1, 0.15) is 11.1 Å². The minimum absolute atomic E-state index is 0.0395. The maximum absolute atomic E-state index is 11.0. The van der Waals surface area contributed by atoms with Gasteiger partial charge in [0.05, 0.1) is 23.7 Å². The highest BCUT2D eigenvalue weighted by molar-refractivity contribution is 5.60. The van der Waals surface area contributed by atoms with Crippen molar-refractivity contribution in [2.24, 2.45) is 5.73 Å². The number of nitrogens with two attached hydrogens (primary N) is 1. The molecule has 0 fully saturated rings. The van der Waals surface area contributed by atoms with Gasteiger partial charge >= 0.3 is 0 Å². The number of ether oxygens (including phenoxy) is 1. The summed E-state index contributed by atoms with van der Waals surface area (Å²) in [6, 6.07) is 14.8. The van der Waals surface area contributed by atoms with E-state index in [-0.39, 0.29) is 12.2 Å². The van der Waals surface area contributed by atoms with Gasteiger partial charge in [-0.1, -0.05) is 36.4 Å². The van der Waals surface area contributed by atoms with Gasteiger partial charge in [-0.3, -0.25) is 10.1 Å². The summed E-state index contributed by atoms with van der Waals surface area (Å²) in [5.74, 6) is 0. The van der Waals surface area contributed by atoms with Crippen LogP contribution >= 0.6 is 0 Å². The lowest BCUT2D eigenvalue weighted by atomic mass is 10.1. The van der Waals surface area contributed by atoms with Gasteiger partial charge in [-0.05, 0) is 11.6 Å². The zero-order chi connectivity index (χ0) is 15.8. The predicted molar refractivity (Wildman–Crippen MR) is 85.6 cm³/mol. The first kappa shape index (κ1) is 15.9. The largest absolute Gasteiger partial charge is 0.382 e. The molecule has 0 saturated heterocycles. The lowest BCUT2D eigenvalue weighted by molar-refractivity contribution is -0.385. The average molecular weight is 301 g/mol. The second-order valence-corrected chi connectivity index (χ2v) is 4.73. The Balaban J connectivity index is 1.84. The first-order valence-corrected chi connectivity index (χ1v) is 7.04. The number of nitro benzene ring substituents is 1. The SMILES string of the molecule is NCc1c(NCCOCc2ccccc2)cccc1[N+](=O)[O-]. The molecule has 0 amide bonds. The van der Waals surface area contributed by atoms with Crippen LogP contribution in [-0.2, 0) is 17.9 Å².